The lowest BCUT2D eigenvalue weighted by atomic mass is 10.3. The number of anilines is 1. The van der Waals surface area contributed by atoms with Gasteiger partial charge in [0.25, 0.3) is 0 Å². The first-order valence-electron chi connectivity index (χ1n) is 2.34. The van der Waals surface area contributed by atoms with E-state index in [1.165, 1.54) is 6.20 Å². The number of hydrogen-bond acceptors (Lipinski definition) is 2. The first-order valence-corrected chi connectivity index (χ1v) is 2.34. The van der Waals surface area contributed by atoms with Crippen LogP contribution < -0.4 is 5.73 Å². The Morgan fingerprint density at radius 2 is 2.38 bits per heavy atom. The molecule has 0 spiro atoms. The molecule has 3 nitrogen and oxygen atoms in total. The summed E-state index contributed by atoms with van der Waals surface area (Å²) in [5.74, 6) is 0.755. The van der Waals surface area contributed by atoms with Gasteiger partial charge in [-0.1, -0.05) is 0 Å². The SMILES string of the molecule is Cc1c(O)c[nH]c1N. The maximum absolute atomic E-state index is 8.83. The number of nitrogens with two attached hydrogens (primary N) is 1. The lowest BCUT2D eigenvalue weighted by Gasteiger charge is -1.85. The standard InChI is InChI=1S/C5H8N2O/c1-3-4(8)2-7-5(3)6/h2,7-8H,6H2,1H3. The zero-order chi connectivity index (χ0) is 6.15. The quantitative estimate of drug-likeness (QED) is 0.460. The molecule has 0 aliphatic rings. The number of hydrogen-bond donors (Lipinski definition) is 3. The highest BCUT2D eigenvalue weighted by molar-refractivity contribution is 5.47. The van der Waals surface area contributed by atoms with Crippen molar-refractivity contribution in [3.8, 4) is 5.75 Å². The zero-order valence-corrected chi connectivity index (χ0v) is 4.60. The van der Waals surface area contributed by atoms with Crippen LogP contribution in [0, 0.1) is 6.92 Å². The van der Waals surface area contributed by atoms with Crippen molar-refractivity contribution in [1.29, 1.82) is 0 Å². The molecule has 0 fully saturated rings. The van der Waals surface area contributed by atoms with Gasteiger partial charge in [-0.3, -0.25) is 0 Å². The van der Waals surface area contributed by atoms with Gasteiger partial charge in [0, 0.05) is 11.8 Å². The van der Waals surface area contributed by atoms with E-state index >= 15 is 0 Å². The van der Waals surface area contributed by atoms with Crippen LogP contribution in [0.1, 0.15) is 5.56 Å². The molecule has 1 aromatic heterocycles. The van der Waals surface area contributed by atoms with E-state index in [0.29, 0.717) is 11.4 Å². The largest absolute Gasteiger partial charge is 0.506 e. The molecule has 0 atom stereocenters. The zero-order valence-electron chi connectivity index (χ0n) is 4.60. The maximum atomic E-state index is 8.83. The van der Waals surface area contributed by atoms with Crippen molar-refractivity contribution in [3.05, 3.63) is 11.8 Å². The fourth-order valence-corrected chi connectivity index (χ4v) is 0.501. The summed E-state index contributed by atoms with van der Waals surface area (Å²) in [6, 6.07) is 0. The summed E-state index contributed by atoms with van der Waals surface area (Å²) >= 11 is 0. The van der Waals surface area contributed by atoms with Gasteiger partial charge < -0.3 is 15.8 Å². The Hall–Kier alpha value is -1.12. The third-order valence-electron chi connectivity index (χ3n) is 1.15. The van der Waals surface area contributed by atoms with Gasteiger partial charge in [-0.25, -0.2) is 0 Å². The first-order chi connectivity index (χ1) is 3.72. The van der Waals surface area contributed by atoms with Crippen LogP contribution >= 0.6 is 0 Å². The summed E-state index contributed by atoms with van der Waals surface area (Å²) in [5.41, 5.74) is 6.04. The molecule has 1 aromatic rings. The monoisotopic (exact) mass is 112 g/mol. The summed E-state index contributed by atoms with van der Waals surface area (Å²) < 4.78 is 0. The van der Waals surface area contributed by atoms with E-state index < -0.39 is 0 Å². The summed E-state index contributed by atoms with van der Waals surface area (Å²) in [7, 11) is 0. The van der Waals surface area contributed by atoms with Gasteiger partial charge in [0.15, 0.2) is 0 Å². The highest BCUT2D eigenvalue weighted by Crippen LogP contribution is 2.19. The van der Waals surface area contributed by atoms with E-state index in [2.05, 4.69) is 4.98 Å². The van der Waals surface area contributed by atoms with Crippen molar-refractivity contribution >= 4 is 5.82 Å². The van der Waals surface area contributed by atoms with Gasteiger partial charge >= 0.3 is 0 Å². The minimum atomic E-state index is 0.225. The van der Waals surface area contributed by atoms with Crippen LogP contribution in [0.25, 0.3) is 0 Å². The van der Waals surface area contributed by atoms with Gasteiger partial charge in [-0.05, 0) is 6.92 Å². The predicted octanol–water partition coefficient (Wildman–Crippen LogP) is 0.611. The van der Waals surface area contributed by atoms with E-state index in [9.17, 15) is 0 Å². The molecule has 1 rings (SSSR count). The number of aromatic amines is 1. The fourth-order valence-electron chi connectivity index (χ4n) is 0.501. The van der Waals surface area contributed by atoms with E-state index in [1.54, 1.807) is 6.92 Å². The van der Waals surface area contributed by atoms with Crippen LogP contribution in [0.2, 0.25) is 0 Å². The van der Waals surface area contributed by atoms with Gasteiger partial charge in [0.1, 0.15) is 11.6 Å². The van der Waals surface area contributed by atoms with Gasteiger partial charge in [-0.15, -0.1) is 0 Å². The summed E-state index contributed by atoms with van der Waals surface area (Å²) in [5, 5.41) is 8.83. The molecule has 0 unspecified atom stereocenters. The molecule has 0 aromatic carbocycles. The van der Waals surface area contributed by atoms with Crippen molar-refractivity contribution in [2.24, 2.45) is 0 Å². The lowest BCUT2D eigenvalue weighted by Crippen LogP contribution is -1.84. The van der Waals surface area contributed by atoms with Crippen molar-refractivity contribution in [1.82, 2.24) is 4.98 Å². The van der Waals surface area contributed by atoms with Crippen molar-refractivity contribution in [2.75, 3.05) is 5.73 Å². The van der Waals surface area contributed by atoms with Gasteiger partial charge in [0.2, 0.25) is 0 Å². The predicted molar refractivity (Wildman–Crippen MR) is 31.6 cm³/mol. The lowest BCUT2D eigenvalue weighted by molar-refractivity contribution is 0.472. The summed E-state index contributed by atoms with van der Waals surface area (Å²) in [4.78, 5) is 2.66. The topological polar surface area (TPSA) is 62.0 Å². The Morgan fingerprint density at radius 1 is 1.75 bits per heavy atom. The number of aromatic nitrogens is 1. The van der Waals surface area contributed by atoms with Crippen LogP contribution in [0.5, 0.6) is 5.75 Å². The molecular formula is C5H8N2O. The van der Waals surface area contributed by atoms with Crippen molar-refractivity contribution < 1.29 is 5.11 Å². The number of H-pyrrole nitrogens is 1. The summed E-state index contributed by atoms with van der Waals surface area (Å²) in [6.45, 7) is 1.75. The van der Waals surface area contributed by atoms with Crippen LogP contribution in [-0.4, -0.2) is 10.1 Å². The number of rotatable bonds is 0. The molecule has 0 saturated carbocycles. The molecule has 0 radical (unpaired) electrons. The molecule has 0 saturated heterocycles. The second kappa shape index (κ2) is 1.43. The van der Waals surface area contributed by atoms with Gasteiger partial charge in [-0.2, -0.15) is 0 Å². The third-order valence-corrected chi connectivity index (χ3v) is 1.15. The molecule has 4 N–H and O–H groups in total. The second-order valence-corrected chi connectivity index (χ2v) is 1.71. The van der Waals surface area contributed by atoms with E-state index in [-0.39, 0.29) is 5.75 Å². The number of nitrogens with one attached hydrogen (secondary N) is 1. The van der Waals surface area contributed by atoms with Crippen LogP contribution in [0.4, 0.5) is 5.82 Å². The smallest absolute Gasteiger partial charge is 0.138 e. The molecule has 0 bridgehead atoms. The molecule has 0 aliphatic heterocycles. The molecule has 0 aliphatic carbocycles. The molecule has 1 heterocycles. The normalized spacial score (nSPS) is 9.62. The average Bonchev–Trinajstić information content (AvgIpc) is 1.98. The Labute approximate surface area is 47.1 Å². The Kier molecular flexibility index (Phi) is 0.901. The van der Waals surface area contributed by atoms with Crippen LogP contribution in [0.15, 0.2) is 6.20 Å². The van der Waals surface area contributed by atoms with E-state index in [1.807, 2.05) is 0 Å². The van der Waals surface area contributed by atoms with Gasteiger partial charge in [0.05, 0.1) is 0 Å². The maximum Gasteiger partial charge on any atom is 0.138 e. The molecule has 3 heteroatoms. The van der Waals surface area contributed by atoms with E-state index in [4.69, 9.17) is 10.8 Å². The highest BCUT2D eigenvalue weighted by Gasteiger charge is 1.98. The third kappa shape index (κ3) is 0.521. The minimum Gasteiger partial charge on any atom is -0.506 e. The first kappa shape index (κ1) is 5.03. The Morgan fingerprint density at radius 3 is 2.50 bits per heavy atom. The average molecular weight is 112 g/mol. The minimum absolute atomic E-state index is 0.225. The number of nitrogen functional groups attached to an aromatic ring is 1. The summed E-state index contributed by atoms with van der Waals surface area (Å²) in [6.07, 6.45) is 1.46. The molecular weight excluding hydrogens is 104 g/mol. The fraction of sp³-hybridized carbons (Fsp3) is 0.200. The van der Waals surface area contributed by atoms with Crippen LogP contribution in [0.3, 0.4) is 0 Å². The van der Waals surface area contributed by atoms with E-state index in [0.717, 1.165) is 0 Å². The molecule has 44 valence electrons. The molecule has 0 amide bonds. The highest BCUT2D eigenvalue weighted by atomic mass is 16.3. The van der Waals surface area contributed by atoms with Crippen molar-refractivity contribution in [3.63, 3.8) is 0 Å². The second-order valence-electron chi connectivity index (χ2n) is 1.71. The Balaban J connectivity index is 3.19. The number of aromatic hydroxyl groups is 1. The van der Waals surface area contributed by atoms with Crippen molar-refractivity contribution in [2.45, 2.75) is 6.92 Å². The van der Waals surface area contributed by atoms with Crippen LogP contribution in [-0.2, 0) is 0 Å². The Bertz CT molecular complexity index is 173. The molecule has 8 heavy (non-hydrogen) atoms.